The molecule has 3 rings (SSSR count). The van der Waals surface area contributed by atoms with Gasteiger partial charge in [-0.25, -0.2) is 0 Å². The monoisotopic (exact) mass is 335 g/mol. The Morgan fingerprint density at radius 2 is 2.35 bits per heavy atom. The number of hydrogen-bond donors (Lipinski definition) is 0. The van der Waals surface area contributed by atoms with Crippen LogP contribution in [0.1, 0.15) is 30.1 Å². The van der Waals surface area contributed by atoms with E-state index in [0.717, 1.165) is 23.1 Å². The van der Waals surface area contributed by atoms with Gasteiger partial charge in [0.05, 0.1) is 12.0 Å². The summed E-state index contributed by atoms with van der Waals surface area (Å²) < 4.78 is 8.65. The molecule has 0 aliphatic heterocycles. The van der Waals surface area contributed by atoms with Gasteiger partial charge in [-0.1, -0.05) is 28.1 Å². The summed E-state index contributed by atoms with van der Waals surface area (Å²) in [6, 6.07) is 8.54. The maximum atomic E-state index is 5.52. The van der Waals surface area contributed by atoms with Crippen LogP contribution in [0.2, 0.25) is 0 Å². The Morgan fingerprint density at radius 1 is 1.50 bits per heavy atom. The predicted octanol–water partition coefficient (Wildman–Crippen LogP) is 3.04. The molecule has 1 fully saturated rings. The van der Waals surface area contributed by atoms with Crippen molar-refractivity contribution in [2.24, 2.45) is 7.05 Å². The molecule has 20 heavy (non-hydrogen) atoms. The van der Waals surface area contributed by atoms with Crippen LogP contribution in [0.4, 0.5) is 0 Å². The number of ether oxygens (including phenoxy) is 1. The molecule has 0 bridgehead atoms. The first kappa shape index (κ1) is 13.8. The zero-order valence-corrected chi connectivity index (χ0v) is 13.3. The molecule has 0 amide bonds. The van der Waals surface area contributed by atoms with Gasteiger partial charge in [0.2, 0.25) is 0 Å². The summed E-state index contributed by atoms with van der Waals surface area (Å²) in [6.07, 6.45) is 4.01. The fraction of sp³-hybridized carbons (Fsp3) is 0.467. The quantitative estimate of drug-likeness (QED) is 0.862. The van der Waals surface area contributed by atoms with E-state index in [9.17, 15) is 0 Å². The van der Waals surface area contributed by atoms with Crippen molar-refractivity contribution in [3.8, 4) is 0 Å². The van der Waals surface area contributed by atoms with E-state index in [1.165, 1.54) is 5.56 Å². The molecule has 106 valence electrons. The van der Waals surface area contributed by atoms with Gasteiger partial charge in [0.25, 0.3) is 0 Å². The van der Waals surface area contributed by atoms with Crippen molar-refractivity contribution >= 4 is 15.9 Å². The Hall–Kier alpha value is -1.20. The van der Waals surface area contributed by atoms with Gasteiger partial charge in [-0.2, -0.15) is 0 Å². The van der Waals surface area contributed by atoms with E-state index in [-0.39, 0.29) is 5.41 Å². The zero-order valence-electron chi connectivity index (χ0n) is 11.7. The third kappa shape index (κ3) is 2.09. The van der Waals surface area contributed by atoms with Crippen LogP contribution >= 0.6 is 15.9 Å². The molecule has 1 aromatic carbocycles. The Balaban J connectivity index is 2.02. The average molecular weight is 336 g/mol. The summed E-state index contributed by atoms with van der Waals surface area (Å²) in [5.41, 5.74) is 1.28. The Bertz CT molecular complexity index is 613. The molecule has 1 aliphatic rings. The zero-order chi connectivity index (χ0) is 14.2. The summed E-state index contributed by atoms with van der Waals surface area (Å²) in [6.45, 7) is 0.677. The van der Waals surface area contributed by atoms with Crippen LogP contribution in [0.5, 0.6) is 0 Å². The van der Waals surface area contributed by atoms with Crippen LogP contribution in [-0.4, -0.2) is 28.5 Å². The fourth-order valence-corrected chi connectivity index (χ4v) is 3.76. The molecule has 1 aromatic heterocycles. The highest BCUT2D eigenvalue weighted by molar-refractivity contribution is 9.10. The number of aryl methyl sites for hydroxylation is 1. The summed E-state index contributed by atoms with van der Waals surface area (Å²) in [4.78, 5) is 0. The van der Waals surface area contributed by atoms with E-state index < -0.39 is 0 Å². The van der Waals surface area contributed by atoms with Crippen molar-refractivity contribution in [3.63, 3.8) is 0 Å². The highest BCUT2D eigenvalue weighted by Gasteiger charge is 2.51. The van der Waals surface area contributed by atoms with Crippen molar-refractivity contribution in [3.05, 3.63) is 46.5 Å². The second kappa shape index (κ2) is 5.30. The van der Waals surface area contributed by atoms with Gasteiger partial charge in [0.1, 0.15) is 12.2 Å². The minimum Gasteiger partial charge on any atom is -0.384 e. The molecular formula is C15H18BrN3O. The number of aromatic nitrogens is 3. The number of rotatable bonds is 4. The van der Waals surface area contributed by atoms with Crippen LogP contribution < -0.4 is 0 Å². The largest absolute Gasteiger partial charge is 0.384 e. The minimum atomic E-state index is -0.0548. The average Bonchev–Trinajstić information content (AvgIpc) is 2.81. The van der Waals surface area contributed by atoms with Crippen LogP contribution in [-0.2, 0) is 17.2 Å². The van der Waals surface area contributed by atoms with Crippen molar-refractivity contribution in [1.29, 1.82) is 0 Å². The highest BCUT2D eigenvalue weighted by Crippen LogP contribution is 2.54. The maximum Gasteiger partial charge on any atom is 0.141 e. The highest BCUT2D eigenvalue weighted by atomic mass is 79.9. The molecule has 0 saturated heterocycles. The molecule has 2 atom stereocenters. The SMILES string of the molecule is COCC1(c2nncn2C)CCC1c1cccc(Br)c1. The lowest BCUT2D eigenvalue weighted by Crippen LogP contribution is -2.48. The molecule has 4 nitrogen and oxygen atoms in total. The van der Waals surface area contributed by atoms with E-state index in [1.807, 2.05) is 11.6 Å². The van der Waals surface area contributed by atoms with Gasteiger partial charge in [0, 0.05) is 18.6 Å². The van der Waals surface area contributed by atoms with Crippen molar-refractivity contribution in [2.45, 2.75) is 24.2 Å². The van der Waals surface area contributed by atoms with Gasteiger partial charge in [-0.05, 0) is 36.5 Å². The first-order chi connectivity index (χ1) is 9.67. The molecule has 0 N–H and O–H groups in total. The van der Waals surface area contributed by atoms with E-state index in [4.69, 9.17) is 4.74 Å². The molecule has 0 spiro atoms. The Morgan fingerprint density at radius 3 is 2.90 bits per heavy atom. The Kier molecular flexibility index (Phi) is 3.65. The van der Waals surface area contributed by atoms with Crippen LogP contribution in [0.25, 0.3) is 0 Å². The van der Waals surface area contributed by atoms with Gasteiger partial charge >= 0.3 is 0 Å². The lowest BCUT2D eigenvalue weighted by molar-refractivity contribution is 0.0493. The number of benzene rings is 1. The standard InChI is InChI=1S/C15H18BrN3O/c1-19-10-17-18-14(19)15(9-20-2)7-6-13(15)11-4-3-5-12(16)8-11/h3-5,8,10,13H,6-7,9H2,1-2H3. The smallest absolute Gasteiger partial charge is 0.141 e. The molecule has 2 aromatic rings. The van der Waals surface area contributed by atoms with Crippen LogP contribution in [0.3, 0.4) is 0 Å². The summed E-state index contributed by atoms with van der Waals surface area (Å²) in [5.74, 6) is 1.46. The van der Waals surface area contributed by atoms with Gasteiger partial charge < -0.3 is 9.30 Å². The molecule has 2 unspecified atom stereocenters. The molecule has 1 saturated carbocycles. The first-order valence-electron chi connectivity index (χ1n) is 6.76. The fourth-order valence-electron chi connectivity index (χ4n) is 3.34. The van der Waals surface area contributed by atoms with E-state index in [0.29, 0.717) is 12.5 Å². The van der Waals surface area contributed by atoms with E-state index in [2.05, 4.69) is 50.4 Å². The van der Waals surface area contributed by atoms with E-state index in [1.54, 1.807) is 13.4 Å². The summed E-state index contributed by atoms with van der Waals surface area (Å²) >= 11 is 3.56. The van der Waals surface area contributed by atoms with Gasteiger partial charge in [0.15, 0.2) is 0 Å². The number of nitrogens with zero attached hydrogens (tertiary/aromatic N) is 3. The molecule has 0 radical (unpaired) electrons. The van der Waals surface area contributed by atoms with Gasteiger partial charge in [-0.15, -0.1) is 10.2 Å². The summed E-state index contributed by atoms with van der Waals surface area (Å²) in [5, 5.41) is 8.39. The number of methoxy groups -OCH3 is 1. The Labute approximate surface area is 127 Å². The molecule has 1 aliphatic carbocycles. The maximum absolute atomic E-state index is 5.52. The topological polar surface area (TPSA) is 39.9 Å². The number of halogens is 1. The van der Waals surface area contributed by atoms with E-state index >= 15 is 0 Å². The number of hydrogen-bond acceptors (Lipinski definition) is 3. The third-order valence-electron chi connectivity index (χ3n) is 4.36. The molecular weight excluding hydrogens is 318 g/mol. The first-order valence-corrected chi connectivity index (χ1v) is 7.55. The van der Waals surface area contributed by atoms with Crippen molar-refractivity contribution in [2.75, 3.05) is 13.7 Å². The second-order valence-electron chi connectivity index (χ2n) is 5.50. The third-order valence-corrected chi connectivity index (χ3v) is 4.85. The lowest BCUT2D eigenvalue weighted by atomic mass is 9.57. The van der Waals surface area contributed by atoms with Crippen molar-refractivity contribution in [1.82, 2.24) is 14.8 Å². The normalized spacial score (nSPS) is 25.4. The molecule has 5 heteroatoms. The summed E-state index contributed by atoms with van der Waals surface area (Å²) in [7, 11) is 3.76. The minimum absolute atomic E-state index is 0.0548. The van der Waals surface area contributed by atoms with Crippen LogP contribution in [0.15, 0.2) is 35.1 Å². The van der Waals surface area contributed by atoms with Gasteiger partial charge in [-0.3, -0.25) is 0 Å². The second-order valence-corrected chi connectivity index (χ2v) is 6.42. The van der Waals surface area contributed by atoms with Crippen LogP contribution in [0, 0.1) is 0 Å². The predicted molar refractivity (Wildman–Crippen MR) is 80.7 cm³/mol. The molecule has 1 heterocycles. The van der Waals surface area contributed by atoms with Crippen molar-refractivity contribution < 1.29 is 4.74 Å². The lowest BCUT2D eigenvalue weighted by Gasteiger charge is -2.48.